The lowest BCUT2D eigenvalue weighted by Crippen LogP contribution is -2.40. The molecule has 1 aliphatic heterocycles. The lowest BCUT2D eigenvalue weighted by molar-refractivity contribution is -0.148. The van der Waals surface area contributed by atoms with Crippen molar-refractivity contribution in [3.05, 3.63) is 34.9 Å². The summed E-state index contributed by atoms with van der Waals surface area (Å²) < 4.78 is 4.75. The molecule has 0 bridgehead atoms. The number of carbonyl (C=O) groups excluding carboxylic acids is 2. The van der Waals surface area contributed by atoms with Gasteiger partial charge < -0.3 is 9.64 Å². The number of methoxy groups -OCH3 is 1. The van der Waals surface area contributed by atoms with E-state index in [0.717, 1.165) is 5.56 Å². The zero-order valence-electron chi connectivity index (χ0n) is 12.2. The third kappa shape index (κ3) is 4.46. The average molecular weight is 310 g/mol. The SMILES string of the molecule is COC(=O)C1CCN(C(=O)CCc2cccc(Cl)c2)CC1. The van der Waals surface area contributed by atoms with E-state index in [-0.39, 0.29) is 17.8 Å². The van der Waals surface area contributed by atoms with Crippen LogP contribution in [-0.4, -0.2) is 37.0 Å². The summed E-state index contributed by atoms with van der Waals surface area (Å²) in [5, 5.41) is 0.693. The monoisotopic (exact) mass is 309 g/mol. The van der Waals surface area contributed by atoms with Crippen LogP contribution in [0, 0.1) is 5.92 Å². The molecular formula is C16H20ClNO3. The van der Waals surface area contributed by atoms with Gasteiger partial charge in [-0.3, -0.25) is 9.59 Å². The molecule has 114 valence electrons. The van der Waals surface area contributed by atoms with Crippen LogP contribution < -0.4 is 0 Å². The Kier molecular flexibility index (Phi) is 5.62. The summed E-state index contributed by atoms with van der Waals surface area (Å²) in [7, 11) is 1.41. The second kappa shape index (κ2) is 7.46. The first kappa shape index (κ1) is 15.8. The van der Waals surface area contributed by atoms with Gasteiger partial charge in [-0.1, -0.05) is 23.7 Å². The number of carbonyl (C=O) groups is 2. The van der Waals surface area contributed by atoms with Gasteiger partial charge in [-0.05, 0) is 37.0 Å². The van der Waals surface area contributed by atoms with Gasteiger partial charge in [0.25, 0.3) is 0 Å². The van der Waals surface area contributed by atoms with Crippen molar-refractivity contribution >= 4 is 23.5 Å². The highest BCUT2D eigenvalue weighted by Crippen LogP contribution is 2.19. The fourth-order valence-corrected chi connectivity index (χ4v) is 2.85. The van der Waals surface area contributed by atoms with Crippen molar-refractivity contribution < 1.29 is 14.3 Å². The van der Waals surface area contributed by atoms with Gasteiger partial charge in [0.05, 0.1) is 13.0 Å². The Bertz CT molecular complexity index is 510. The summed E-state index contributed by atoms with van der Waals surface area (Å²) in [5.74, 6) is -0.0914. The molecule has 1 fully saturated rings. The van der Waals surface area contributed by atoms with Crippen molar-refractivity contribution in [1.29, 1.82) is 0 Å². The molecule has 1 heterocycles. The molecule has 0 aromatic heterocycles. The van der Waals surface area contributed by atoms with E-state index >= 15 is 0 Å². The van der Waals surface area contributed by atoms with Crippen LogP contribution in [0.25, 0.3) is 0 Å². The van der Waals surface area contributed by atoms with Crippen LogP contribution in [0.4, 0.5) is 0 Å². The van der Waals surface area contributed by atoms with Crippen LogP contribution in [0.2, 0.25) is 5.02 Å². The number of nitrogens with zero attached hydrogens (tertiary/aromatic N) is 1. The predicted molar refractivity (Wildman–Crippen MR) is 81.1 cm³/mol. The maximum absolute atomic E-state index is 12.2. The number of likely N-dealkylation sites (tertiary alicyclic amines) is 1. The summed E-state index contributed by atoms with van der Waals surface area (Å²) in [6.07, 6.45) is 2.55. The van der Waals surface area contributed by atoms with Gasteiger partial charge >= 0.3 is 5.97 Å². The number of esters is 1. The Labute approximate surface area is 130 Å². The van der Waals surface area contributed by atoms with E-state index in [1.54, 1.807) is 0 Å². The topological polar surface area (TPSA) is 46.6 Å². The summed E-state index contributed by atoms with van der Waals surface area (Å²) in [4.78, 5) is 25.5. The number of hydrogen-bond donors (Lipinski definition) is 0. The zero-order chi connectivity index (χ0) is 15.2. The van der Waals surface area contributed by atoms with Crippen LogP contribution in [0.15, 0.2) is 24.3 Å². The molecular weight excluding hydrogens is 290 g/mol. The third-order valence-corrected chi connectivity index (χ3v) is 4.13. The fraction of sp³-hybridized carbons (Fsp3) is 0.500. The molecule has 1 aromatic rings. The molecule has 5 heteroatoms. The number of aryl methyl sites for hydroxylation is 1. The first-order valence-electron chi connectivity index (χ1n) is 7.20. The van der Waals surface area contributed by atoms with Crippen LogP contribution >= 0.6 is 11.6 Å². The Morgan fingerprint density at radius 2 is 2.05 bits per heavy atom. The van der Waals surface area contributed by atoms with Gasteiger partial charge in [0.2, 0.25) is 5.91 Å². The summed E-state index contributed by atoms with van der Waals surface area (Å²) >= 11 is 5.93. The van der Waals surface area contributed by atoms with Gasteiger partial charge in [-0.25, -0.2) is 0 Å². The Balaban J connectivity index is 1.78. The maximum atomic E-state index is 12.2. The Morgan fingerprint density at radius 1 is 1.33 bits per heavy atom. The molecule has 4 nitrogen and oxygen atoms in total. The quantitative estimate of drug-likeness (QED) is 0.803. The van der Waals surface area contributed by atoms with Crippen molar-refractivity contribution in [2.24, 2.45) is 5.92 Å². The number of benzene rings is 1. The van der Waals surface area contributed by atoms with Crippen molar-refractivity contribution in [2.75, 3.05) is 20.2 Å². The van der Waals surface area contributed by atoms with Crippen molar-refractivity contribution in [3.63, 3.8) is 0 Å². The van der Waals surface area contributed by atoms with E-state index in [2.05, 4.69) is 0 Å². The Hall–Kier alpha value is -1.55. The highest BCUT2D eigenvalue weighted by atomic mass is 35.5. The summed E-state index contributed by atoms with van der Waals surface area (Å²) in [6, 6.07) is 7.58. The normalized spacial score (nSPS) is 15.8. The van der Waals surface area contributed by atoms with Crippen molar-refractivity contribution in [2.45, 2.75) is 25.7 Å². The number of rotatable bonds is 4. The van der Waals surface area contributed by atoms with E-state index in [1.165, 1.54) is 7.11 Å². The number of hydrogen-bond acceptors (Lipinski definition) is 3. The van der Waals surface area contributed by atoms with Gasteiger partial charge in [0.15, 0.2) is 0 Å². The number of halogens is 1. The van der Waals surface area contributed by atoms with Gasteiger partial charge in [0.1, 0.15) is 0 Å². The molecule has 0 N–H and O–H groups in total. The molecule has 0 atom stereocenters. The van der Waals surface area contributed by atoms with Crippen LogP contribution in [0.5, 0.6) is 0 Å². The van der Waals surface area contributed by atoms with E-state index in [1.807, 2.05) is 29.2 Å². The molecule has 0 unspecified atom stereocenters. The van der Waals surface area contributed by atoms with Crippen LogP contribution in [0.3, 0.4) is 0 Å². The largest absolute Gasteiger partial charge is 0.469 e. The second-order valence-electron chi connectivity index (χ2n) is 5.31. The summed E-state index contributed by atoms with van der Waals surface area (Å²) in [5.41, 5.74) is 1.07. The van der Waals surface area contributed by atoms with Gasteiger partial charge in [-0.15, -0.1) is 0 Å². The van der Waals surface area contributed by atoms with Crippen molar-refractivity contribution in [1.82, 2.24) is 4.90 Å². The number of amides is 1. The predicted octanol–water partition coefficient (Wildman–Crippen LogP) is 2.68. The smallest absolute Gasteiger partial charge is 0.308 e. The molecule has 1 amide bonds. The number of piperidine rings is 1. The lowest BCUT2D eigenvalue weighted by Gasteiger charge is -2.30. The van der Waals surface area contributed by atoms with E-state index in [4.69, 9.17) is 16.3 Å². The minimum atomic E-state index is -0.166. The fourth-order valence-electron chi connectivity index (χ4n) is 2.63. The van der Waals surface area contributed by atoms with E-state index < -0.39 is 0 Å². The molecule has 0 saturated carbocycles. The Morgan fingerprint density at radius 3 is 2.67 bits per heavy atom. The second-order valence-corrected chi connectivity index (χ2v) is 5.74. The van der Waals surface area contributed by atoms with E-state index in [9.17, 15) is 9.59 Å². The molecule has 0 radical (unpaired) electrons. The molecule has 1 saturated heterocycles. The van der Waals surface area contributed by atoms with Gasteiger partial charge in [0, 0.05) is 24.5 Å². The highest BCUT2D eigenvalue weighted by molar-refractivity contribution is 6.30. The third-order valence-electron chi connectivity index (χ3n) is 3.90. The minimum absolute atomic E-state index is 0.0630. The molecule has 21 heavy (non-hydrogen) atoms. The first-order chi connectivity index (χ1) is 10.1. The molecule has 1 aliphatic rings. The van der Waals surface area contributed by atoms with Crippen LogP contribution in [-0.2, 0) is 20.7 Å². The standard InChI is InChI=1S/C16H20ClNO3/c1-21-16(20)13-7-9-18(10-8-13)15(19)6-5-12-3-2-4-14(17)11-12/h2-4,11,13H,5-10H2,1H3. The maximum Gasteiger partial charge on any atom is 0.308 e. The number of ether oxygens (including phenoxy) is 1. The first-order valence-corrected chi connectivity index (χ1v) is 7.58. The van der Waals surface area contributed by atoms with Crippen molar-refractivity contribution in [3.8, 4) is 0 Å². The molecule has 0 aliphatic carbocycles. The van der Waals surface area contributed by atoms with Gasteiger partial charge in [-0.2, -0.15) is 0 Å². The van der Waals surface area contributed by atoms with E-state index in [0.29, 0.717) is 43.8 Å². The molecule has 1 aromatic carbocycles. The lowest BCUT2D eigenvalue weighted by atomic mass is 9.96. The average Bonchev–Trinajstić information content (AvgIpc) is 2.52. The van der Waals surface area contributed by atoms with Crippen LogP contribution in [0.1, 0.15) is 24.8 Å². The molecule has 0 spiro atoms. The summed E-state index contributed by atoms with van der Waals surface area (Å²) in [6.45, 7) is 1.27. The zero-order valence-corrected chi connectivity index (χ0v) is 12.9. The highest BCUT2D eigenvalue weighted by Gasteiger charge is 2.27. The minimum Gasteiger partial charge on any atom is -0.469 e. The molecule has 2 rings (SSSR count).